The van der Waals surface area contributed by atoms with E-state index in [-0.39, 0.29) is 27.9 Å². The van der Waals surface area contributed by atoms with Gasteiger partial charge in [0.1, 0.15) is 4.90 Å². The van der Waals surface area contributed by atoms with Gasteiger partial charge in [-0.1, -0.05) is 11.6 Å². The van der Waals surface area contributed by atoms with Crippen LogP contribution in [0.25, 0.3) is 0 Å². The molecule has 2 rings (SSSR count). The van der Waals surface area contributed by atoms with Crippen LogP contribution in [0.15, 0.2) is 23.1 Å². The molecule has 1 saturated heterocycles. The number of ether oxygens (including phenoxy) is 1. The Morgan fingerprint density at radius 1 is 1.39 bits per heavy atom. The van der Waals surface area contributed by atoms with Gasteiger partial charge >= 0.3 is 5.97 Å². The van der Waals surface area contributed by atoms with E-state index < -0.39 is 16.0 Å². The molecule has 2 N–H and O–H groups in total. The maximum Gasteiger partial charge on any atom is 0.337 e. The lowest BCUT2D eigenvalue weighted by molar-refractivity contribution is 0.0600. The van der Waals surface area contributed by atoms with Crippen LogP contribution in [0.2, 0.25) is 5.02 Å². The fraction of sp³-hybridized carbons (Fsp3) is 0.500. The molecule has 1 aliphatic heterocycles. The Balaban J connectivity index is 0.00000264. The molecule has 1 aromatic carbocycles. The summed E-state index contributed by atoms with van der Waals surface area (Å²) < 4.78 is 31.3. The fourth-order valence-electron chi connectivity index (χ4n) is 2.48. The van der Waals surface area contributed by atoms with Crippen molar-refractivity contribution in [2.24, 2.45) is 11.7 Å². The number of hydrogen-bond donors (Lipinski definition) is 1. The maximum absolute atomic E-state index is 12.6. The number of rotatable bonds is 4. The standard InChI is InChI=1S/C14H19ClN2O4S.ClH/c1-21-14(18)11-2-3-13(12(15)8-11)22(19,20)17-6-4-10(9-16)5-7-17;/h2-3,8,10H,4-7,9,16H2,1H3;1H. The maximum atomic E-state index is 12.6. The summed E-state index contributed by atoms with van der Waals surface area (Å²) in [5, 5.41) is 0.0175. The van der Waals surface area contributed by atoms with Crippen molar-refractivity contribution in [1.82, 2.24) is 4.31 Å². The van der Waals surface area contributed by atoms with Crippen LogP contribution in [-0.4, -0.2) is 45.4 Å². The highest BCUT2D eigenvalue weighted by Crippen LogP contribution is 2.29. The van der Waals surface area contributed by atoms with E-state index in [1.807, 2.05) is 0 Å². The van der Waals surface area contributed by atoms with Gasteiger partial charge in [-0.3, -0.25) is 0 Å². The van der Waals surface area contributed by atoms with Crippen molar-refractivity contribution in [2.75, 3.05) is 26.7 Å². The van der Waals surface area contributed by atoms with Crippen molar-refractivity contribution in [3.05, 3.63) is 28.8 Å². The summed E-state index contributed by atoms with van der Waals surface area (Å²) in [7, 11) is -2.41. The Labute approximate surface area is 147 Å². The molecule has 9 heteroatoms. The number of hydrogen-bond acceptors (Lipinski definition) is 5. The molecule has 130 valence electrons. The number of benzene rings is 1. The summed E-state index contributed by atoms with van der Waals surface area (Å²) in [5.41, 5.74) is 5.83. The molecule has 0 spiro atoms. The van der Waals surface area contributed by atoms with E-state index >= 15 is 0 Å². The quantitative estimate of drug-likeness (QED) is 0.803. The van der Waals surface area contributed by atoms with E-state index in [2.05, 4.69) is 4.74 Å². The van der Waals surface area contributed by atoms with Gasteiger partial charge in [-0.2, -0.15) is 4.31 Å². The van der Waals surface area contributed by atoms with Gasteiger partial charge in [0.2, 0.25) is 10.0 Å². The highest BCUT2D eigenvalue weighted by molar-refractivity contribution is 7.89. The normalized spacial score (nSPS) is 16.7. The molecule has 1 fully saturated rings. The van der Waals surface area contributed by atoms with Gasteiger partial charge in [0.05, 0.1) is 17.7 Å². The molecule has 0 bridgehead atoms. The SMILES string of the molecule is COC(=O)c1ccc(S(=O)(=O)N2CCC(CN)CC2)c(Cl)c1.Cl. The highest BCUT2D eigenvalue weighted by Gasteiger charge is 2.30. The van der Waals surface area contributed by atoms with Crippen molar-refractivity contribution < 1.29 is 17.9 Å². The van der Waals surface area contributed by atoms with Gasteiger partial charge < -0.3 is 10.5 Å². The summed E-state index contributed by atoms with van der Waals surface area (Å²) in [4.78, 5) is 11.5. The predicted octanol–water partition coefficient (Wildman–Crippen LogP) is 1.91. The monoisotopic (exact) mass is 382 g/mol. The van der Waals surface area contributed by atoms with E-state index in [0.717, 1.165) is 12.8 Å². The molecule has 1 aromatic rings. The van der Waals surface area contributed by atoms with E-state index in [1.54, 1.807) is 0 Å². The van der Waals surface area contributed by atoms with Gasteiger partial charge in [-0.25, -0.2) is 13.2 Å². The molecule has 6 nitrogen and oxygen atoms in total. The van der Waals surface area contributed by atoms with Gasteiger partial charge in [0.25, 0.3) is 0 Å². The molecule has 0 saturated carbocycles. The number of carbonyl (C=O) groups is 1. The number of esters is 1. The van der Waals surface area contributed by atoms with Crippen LogP contribution in [-0.2, 0) is 14.8 Å². The van der Waals surface area contributed by atoms with E-state index in [0.29, 0.717) is 25.6 Å². The number of piperidine rings is 1. The van der Waals surface area contributed by atoms with Crippen molar-refractivity contribution in [3.8, 4) is 0 Å². The van der Waals surface area contributed by atoms with Crippen LogP contribution in [0.3, 0.4) is 0 Å². The van der Waals surface area contributed by atoms with Crippen molar-refractivity contribution in [2.45, 2.75) is 17.7 Å². The number of nitrogens with two attached hydrogens (primary N) is 1. The van der Waals surface area contributed by atoms with Gasteiger partial charge in [-0.05, 0) is 43.5 Å². The molecule has 0 unspecified atom stereocenters. The highest BCUT2D eigenvalue weighted by atomic mass is 35.5. The van der Waals surface area contributed by atoms with Gasteiger partial charge in [-0.15, -0.1) is 12.4 Å². The molecule has 1 heterocycles. The lowest BCUT2D eigenvalue weighted by Crippen LogP contribution is -2.40. The van der Waals surface area contributed by atoms with Crippen LogP contribution in [0.1, 0.15) is 23.2 Å². The zero-order valence-corrected chi connectivity index (χ0v) is 15.1. The van der Waals surface area contributed by atoms with Crippen molar-refractivity contribution >= 4 is 40.0 Å². The number of methoxy groups -OCH3 is 1. The number of nitrogens with zero attached hydrogens (tertiary/aromatic N) is 1. The zero-order chi connectivity index (χ0) is 16.3. The lowest BCUT2D eigenvalue weighted by Gasteiger charge is -2.30. The third kappa shape index (κ3) is 4.36. The predicted molar refractivity (Wildman–Crippen MR) is 90.6 cm³/mol. The van der Waals surface area contributed by atoms with Crippen LogP contribution in [0.4, 0.5) is 0 Å². The Kier molecular flexibility index (Phi) is 7.29. The second-order valence-electron chi connectivity index (χ2n) is 5.22. The third-order valence-electron chi connectivity index (χ3n) is 3.88. The Morgan fingerprint density at radius 3 is 2.48 bits per heavy atom. The summed E-state index contributed by atoms with van der Waals surface area (Å²) in [5.74, 6) is -0.196. The van der Waals surface area contributed by atoms with Gasteiger partial charge in [0, 0.05) is 13.1 Å². The average molecular weight is 383 g/mol. The zero-order valence-electron chi connectivity index (χ0n) is 12.7. The minimum atomic E-state index is -3.67. The molecule has 0 aromatic heterocycles. The number of sulfonamides is 1. The minimum Gasteiger partial charge on any atom is -0.465 e. The molecular weight excluding hydrogens is 363 g/mol. The van der Waals surface area contributed by atoms with E-state index in [9.17, 15) is 13.2 Å². The number of carbonyl (C=O) groups excluding carboxylic acids is 1. The van der Waals surface area contributed by atoms with Crippen molar-refractivity contribution in [3.63, 3.8) is 0 Å². The first-order valence-corrected chi connectivity index (χ1v) is 8.80. The summed E-state index contributed by atoms with van der Waals surface area (Å²) in [6, 6.07) is 4.06. The first-order valence-electron chi connectivity index (χ1n) is 6.98. The minimum absolute atomic E-state index is 0. The van der Waals surface area contributed by atoms with Crippen LogP contribution in [0, 0.1) is 5.92 Å². The Hall–Kier alpha value is -0.860. The largest absolute Gasteiger partial charge is 0.465 e. The summed E-state index contributed by atoms with van der Waals surface area (Å²) in [6.45, 7) is 1.43. The average Bonchev–Trinajstić information content (AvgIpc) is 2.53. The smallest absolute Gasteiger partial charge is 0.337 e. The molecule has 0 radical (unpaired) electrons. The second kappa shape index (κ2) is 8.30. The van der Waals surface area contributed by atoms with E-state index in [4.69, 9.17) is 17.3 Å². The molecule has 0 amide bonds. The van der Waals surface area contributed by atoms with Crippen molar-refractivity contribution in [1.29, 1.82) is 0 Å². The molecule has 0 atom stereocenters. The van der Waals surface area contributed by atoms with E-state index in [1.165, 1.54) is 29.6 Å². The van der Waals surface area contributed by atoms with Crippen LogP contribution in [0.5, 0.6) is 0 Å². The topological polar surface area (TPSA) is 89.7 Å². The van der Waals surface area contributed by atoms with Gasteiger partial charge in [0.15, 0.2) is 0 Å². The summed E-state index contributed by atoms with van der Waals surface area (Å²) >= 11 is 6.06. The molecular formula is C14H20Cl2N2O4S. The first kappa shape index (κ1) is 20.2. The second-order valence-corrected chi connectivity index (χ2v) is 7.53. The molecule has 23 heavy (non-hydrogen) atoms. The van der Waals surface area contributed by atoms with Crippen LogP contribution >= 0.6 is 24.0 Å². The number of halogens is 2. The van der Waals surface area contributed by atoms with Crippen LogP contribution < -0.4 is 5.73 Å². The Morgan fingerprint density at radius 2 is 2.00 bits per heavy atom. The lowest BCUT2D eigenvalue weighted by atomic mass is 9.99. The fourth-order valence-corrected chi connectivity index (χ4v) is 4.47. The summed E-state index contributed by atoms with van der Waals surface area (Å²) in [6.07, 6.45) is 1.49. The third-order valence-corrected chi connectivity index (χ3v) is 6.26. The molecule has 1 aliphatic rings. The molecule has 0 aliphatic carbocycles. The Bertz CT molecular complexity index is 659. The first-order chi connectivity index (χ1) is 10.4.